The summed E-state index contributed by atoms with van der Waals surface area (Å²) in [5, 5.41) is 17.9. The summed E-state index contributed by atoms with van der Waals surface area (Å²) >= 11 is 0. The third kappa shape index (κ3) is 7.28. The lowest BCUT2D eigenvalue weighted by Gasteiger charge is -2.11. The highest BCUT2D eigenvalue weighted by Gasteiger charge is 2.06. The first-order chi connectivity index (χ1) is 12.8. The number of halogens is 2. The molecule has 0 aromatic heterocycles. The van der Waals surface area contributed by atoms with E-state index in [1.165, 1.54) is 6.07 Å². The number of carbonyl (C=O) groups is 2. The lowest BCUT2D eigenvalue weighted by atomic mass is 10.1. The minimum Gasteiger partial charge on any atom is -0.497 e. The number of nitrogens with one attached hydrogen (secondary N) is 1. The number of hydrogen-bond donors (Lipinski definition) is 3. The molecule has 0 heterocycles. The molecule has 27 heavy (non-hydrogen) atoms. The highest BCUT2D eigenvalue weighted by molar-refractivity contribution is 6.27. The third-order valence-electron chi connectivity index (χ3n) is 3.31. The van der Waals surface area contributed by atoms with E-state index in [2.05, 4.69) is 5.32 Å². The van der Waals surface area contributed by atoms with Crippen LogP contribution in [0, 0.1) is 11.6 Å². The summed E-state index contributed by atoms with van der Waals surface area (Å²) in [5.41, 5.74) is 1.64. The van der Waals surface area contributed by atoms with Gasteiger partial charge in [-0.25, -0.2) is 18.4 Å². The molecule has 0 saturated carbocycles. The maximum atomic E-state index is 13.1. The van der Waals surface area contributed by atoms with E-state index in [0.29, 0.717) is 24.4 Å². The van der Waals surface area contributed by atoms with E-state index in [1.54, 1.807) is 26.4 Å². The van der Waals surface area contributed by atoms with E-state index in [9.17, 15) is 8.78 Å². The molecule has 146 valence electrons. The van der Waals surface area contributed by atoms with E-state index in [4.69, 9.17) is 29.3 Å². The van der Waals surface area contributed by atoms with E-state index in [-0.39, 0.29) is 0 Å². The molecule has 0 unspecified atom stereocenters. The molecule has 0 aliphatic carbocycles. The molecule has 0 amide bonds. The van der Waals surface area contributed by atoms with Crippen molar-refractivity contribution < 1.29 is 38.1 Å². The number of aliphatic carboxylic acids is 2. The van der Waals surface area contributed by atoms with Crippen molar-refractivity contribution in [3.05, 3.63) is 59.2 Å². The summed E-state index contributed by atoms with van der Waals surface area (Å²) in [6, 6.07) is 9.41. The van der Waals surface area contributed by atoms with Crippen LogP contribution in [0.2, 0.25) is 0 Å². The Morgan fingerprint density at radius 2 is 1.59 bits per heavy atom. The van der Waals surface area contributed by atoms with Gasteiger partial charge in [0, 0.05) is 24.7 Å². The van der Waals surface area contributed by atoms with Crippen molar-refractivity contribution in [2.45, 2.75) is 13.1 Å². The van der Waals surface area contributed by atoms with Gasteiger partial charge in [0.2, 0.25) is 0 Å². The van der Waals surface area contributed by atoms with Gasteiger partial charge < -0.3 is 25.0 Å². The smallest absolute Gasteiger partial charge is 0.414 e. The fraction of sp³-hybridized carbons (Fsp3) is 0.222. The SMILES string of the molecule is COc1ccc(CNCc2ccc(F)c(F)c2)c(OC)c1.O=C(O)C(=O)O. The molecule has 2 aromatic rings. The van der Waals surface area contributed by atoms with E-state index < -0.39 is 23.6 Å². The van der Waals surface area contributed by atoms with Crippen LogP contribution in [0.3, 0.4) is 0 Å². The third-order valence-corrected chi connectivity index (χ3v) is 3.31. The van der Waals surface area contributed by atoms with Crippen molar-refractivity contribution in [1.29, 1.82) is 0 Å². The van der Waals surface area contributed by atoms with Gasteiger partial charge in [0.25, 0.3) is 0 Å². The predicted molar refractivity (Wildman–Crippen MR) is 91.7 cm³/mol. The minimum atomic E-state index is -1.82. The molecule has 0 aliphatic rings. The second-order valence-electron chi connectivity index (χ2n) is 5.14. The van der Waals surface area contributed by atoms with Crippen LogP contribution in [-0.2, 0) is 22.7 Å². The maximum Gasteiger partial charge on any atom is 0.414 e. The fourth-order valence-electron chi connectivity index (χ4n) is 1.99. The van der Waals surface area contributed by atoms with Crippen LogP contribution in [0.1, 0.15) is 11.1 Å². The molecule has 0 fully saturated rings. The Bertz CT molecular complexity index is 785. The maximum absolute atomic E-state index is 13.1. The van der Waals surface area contributed by atoms with Gasteiger partial charge in [-0.05, 0) is 23.8 Å². The molecular weight excluding hydrogens is 364 g/mol. The van der Waals surface area contributed by atoms with Gasteiger partial charge in [-0.15, -0.1) is 0 Å². The average molecular weight is 383 g/mol. The summed E-state index contributed by atoms with van der Waals surface area (Å²) in [7, 11) is 3.18. The van der Waals surface area contributed by atoms with Crippen LogP contribution < -0.4 is 14.8 Å². The van der Waals surface area contributed by atoms with Gasteiger partial charge in [-0.3, -0.25) is 0 Å². The van der Waals surface area contributed by atoms with Crippen LogP contribution in [0.4, 0.5) is 8.78 Å². The molecule has 0 saturated heterocycles. The van der Waals surface area contributed by atoms with Gasteiger partial charge in [-0.2, -0.15) is 0 Å². The molecule has 3 N–H and O–H groups in total. The number of ether oxygens (including phenoxy) is 2. The molecule has 0 spiro atoms. The first-order valence-electron chi connectivity index (χ1n) is 7.60. The lowest BCUT2D eigenvalue weighted by Crippen LogP contribution is -2.13. The number of carboxylic acids is 2. The predicted octanol–water partition coefficient (Wildman–Crippen LogP) is 2.43. The first-order valence-corrected chi connectivity index (χ1v) is 7.60. The van der Waals surface area contributed by atoms with Gasteiger partial charge in [0.05, 0.1) is 14.2 Å². The molecule has 7 nitrogen and oxygen atoms in total. The van der Waals surface area contributed by atoms with Crippen molar-refractivity contribution in [1.82, 2.24) is 5.32 Å². The summed E-state index contributed by atoms with van der Waals surface area (Å²) in [5.74, 6) is -3.89. The monoisotopic (exact) mass is 383 g/mol. The zero-order chi connectivity index (χ0) is 20.4. The van der Waals surface area contributed by atoms with Gasteiger partial charge in [0.1, 0.15) is 11.5 Å². The molecule has 2 rings (SSSR count). The van der Waals surface area contributed by atoms with Crippen LogP contribution in [0.5, 0.6) is 11.5 Å². The number of hydrogen-bond acceptors (Lipinski definition) is 5. The highest BCUT2D eigenvalue weighted by Crippen LogP contribution is 2.24. The van der Waals surface area contributed by atoms with E-state index in [0.717, 1.165) is 17.4 Å². The Morgan fingerprint density at radius 3 is 2.11 bits per heavy atom. The van der Waals surface area contributed by atoms with Crippen molar-refractivity contribution in [2.24, 2.45) is 0 Å². The Balaban J connectivity index is 0.000000527. The Kier molecular flexibility index (Phi) is 8.67. The zero-order valence-corrected chi connectivity index (χ0v) is 14.7. The highest BCUT2D eigenvalue weighted by atomic mass is 19.2. The molecular formula is C18H19F2NO6. The van der Waals surface area contributed by atoms with Crippen LogP contribution >= 0.6 is 0 Å². The zero-order valence-electron chi connectivity index (χ0n) is 14.7. The lowest BCUT2D eigenvalue weighted by molar-refractivity contribution is -0.159. The number of methoxy groups -OCH3 is 2. The number of rotatable bonds is 6. The molecule has 0 radical (unpaired) electrons. The number of carboxylic acid groups (broad SMARTS) is 2. The Hall–Kier alpha value is -3.20. The molecule has 0 bridgehead atoms. The van der Waals surface area contributed by atoms with Gasteiger partial charge in [-0.1, -0.05) is 12.1 Å². The largest absolute Gasteiger partial charge is 0.497 e. The molecule has 0 atom stereocenters. The van der Waals surface area contributed by atoms with Crippen molar-refractivity contribution in [2.75, 3.05) is 14.2 Å². The van der Waals surface area contributed by atoms with E-state index >= 15 is 0 Å². The van der Waals surface area contributed by atoms with Crippen molar-refractivity contribution in [3.63, 3.8) is 0 Å². The van der Waals surface area contributed by atoms with Crippen LogP contribution in [-0.4, -0.2) is 36.4 Å². The summed E-state index contributed by atoms with van der Waals surface area (Å²) < 4.78 is 36.4. The minimum absolute atomic E-state index is 0.437. The summed E-state index contributed by atoms with van der Waals surface area (Å²) in [6.07, 6.45) is 0. The van der Waals surface area contributed by atoms with Crippen molar-refractivity contribution in [3.8, 4) is 11.5 Å². The van der Waals surface area contributed by atoms with Crippen LogP contribution in [0.25, 0.3) is 0 Å². The van der Waals surface area contributed by atoms with Crippen molar-refractivity contribution >= 4 is 11.9 Å². The standard InChI is InChI=1S/C16H17F2NO2.C2H2O4/c1-20-13-5-4-12(16(8-13)21-2)10-19-9-11-3-6-14(17)15(18)7-11;3-1(4)2(5)6/h3-8,19H,9-10H2,1-2H3;(H,3,4)(H,5,6). The summed E-state index contributed by atoms with van der Waals surface area (Å²) in [6.45, 7) is 0.985. The topological polar surface area (TPSA) is 105 Å². The number of benzene rings is 2. The molecule has 0 aliphatic heterocycles. The second kappa shape index (κ2) is 10.7. The van der Waals surface area contributed by atoms with Gasteiger partial charge >= 0.3 is 11.9 Å². The van der Waals surface area contributed by atoms with E-state index in [1.807, 2.05) is 12.1 Å². The first kappa shape index (κ1) is 21.8. The van der Waals surface area contributed by atoms with Gasteiger partial charge in [0.15, 0.2) is 11.6 Å². The average Bonchev–Trinajstić information content (AvgIpc) is 2.65. The van der Waals surface area contributed by atoms with Crippen LogP contribution in [0.15, 0.2) is 36.4 Å². The molecule has 2 aromatic carbocycles. The fourth-order valence-corrected chi connectivity index (χ4v) is 1.99. The second-order valence-corrected chi connectivity index (χ2v) is 5.14. The Morgan fingerprint density at radius 1 is 0.926 bits per heavy atom. The Labute approximate surface area is 154 Å². The quantitative estimate of drug-likeness (QED) is 0.658. The summed E-state index contributed by atoms with van der Waals surface area (Å²) in [4.78, 5) is 18.2. The normalized spacial score (nSPS) is 9.78. The molecule has 9 heteroatoms.